The zero-order chi connectivity index (χ0) is 16.2. The minimum absolute atomic E-state index is 0.520. The summed E-state index contributed by atoms with van der Waals surface area (Å²) in [6, 6.07) is 8.16. The molecule has 2 N–H and O–H groups in total. The van der Waals surface area contributed by atoms with Gasteiger partial charge in [0.15, 0.2) is 0 Å². The minimum Gasteiger partial charge on any atom is -0.326 e. The summed E-state index contributed by atoms with van der Waals surface area (Å²) >= 11 is 0. The molecule has 2 heteroatoms. The Balaban J connectivity index is 2.28. The van der Waals surface area contributed by atoms with Gasteiger partial charge < -0.3 is 5.73 Å². The number of hydrogen-bond acceptors (Lipinski definition) is 2. The quantitative estimate of drug-likeness (QED) is 0.421. The van der Waals surface area contributed by atoms with Crippen LogP contribution < -0.4 is 5.73 Å². The molecule has 0 saturated carbocycles. The van der Waals surface area contributed by atoms with Crippen molar-refractivity contribution in [2.45, 2.75) is 65.3 Å². The zero-order valence-electron chi connectivity index (χ0n) is 14.4. The van der Waals surface area contributed by atoms with Gasteiger partial charge in [-0.3, -0.25) is 4.99 Å². The summed E-state index contributed by atoms with van der Waals surface area (Å²) in [5.41, 5.74) is 8.64. The second-order valence-electron chi connectivity index (χ2n) is 6.16. The number of rotatable bonds is 11. The fraction of sp³-hybridized carbons (Fsp3) is 0.550. The molecule has 0 saturated heterocycles. The monoisotopic (exact) mass is 300 g/mol. The van der Waals surface area contributed by atoms with Crippen molar-refractivity contribution < 1.29 is 0 Å². The summed E-state index contributed by atoms with van der Waals surface area (Å²) in [4.78, 5) is 4.53. The van der Waals surface area contributed by atoms with Crippen LogP contribution >= 0.6 is 0 Å². The maximum Gasteiger partial charge on any atom is 0.0626 e. The molecule has 1 aromatic rings. The fourth-order valence-corrected chi connectivity index (χ4v) is 2.45. The molecule has 0 heterocycles. The highest BCUT2D eigenvalue weighted by molar-refractivity contribution is 5.73. The topological polar surface area (TPSA) is 38.4 Å². The largest absolute Gasteiger partial charge is 0.326 e. The lowest BCUT2D eigenvalue weighted by molar-refractivity contribution is 0.560. The molecule has 122 valence electrons. The van der Waals surface area contributed by atoms with E-state index in [0.29, 0.717) is 12.5 Å². The Labute approximate surface area is 136 Å². The van der Waals surface area contributed by atoms with E-state index in [1.54, 1.807) is 0 Å². The van der Waals surface area contributed by atoms with E-state index in [2.05, 4.69) is 25.4 Å². The highest BCUT2D eigenvalue weighted by atomic mass is 14.7. The molecule has 22 heavy (non-hydrogen) atoms. The molecule has 0 aliphatic heterocycles. The van der Waals surface area contributed by atoms with Crippen LogP contribution in [0.2, 0.25) is 0 Å². The lowest BCUT2D eigenvalue weighted by Gasteiger charge is -2.06. The van der Waals surface area contributed by atoms with E-state index < -0.39 is 0 Å². The maximum absolute atomic E-state index is 5.61. The van der Waals surface area contributed by atoms with Crippen molar-refractivity contribution in [3.63, 3.8) is 0 Å². The van der Waals surface area contributed by atoms with Gasteiger partial charge in [-0.1, -0.05) is 83.2 Å². The molecule has 1 aromatic carbocycles. The highest BCUT2D eigenvalue weighted by Crippen LogP contribution is 2.16. The molecule has 0 amide bonds. The Bertz CT molecular complexity index is 445. The molecule has 0 aromatic heterocycles. The third-order valence-corrected chi connectivity index (χ3v) is 4.02. The smallest absolute Gasteiger partial charge is 0.0626 e. The highest BCUT2D eigenvalue weighted by Gasteiger charge is 2.00. The number of unbranched alkanes of at least 4 members (excludes halogenated alkanes) is 5. The van der Waals surface area contributed by atoms with Gasteiger partial charge in [-0.05, 0) is 23.5 Å². The molecule has 0 fully saturated rings. The van der Waals surface area contributed by atoms with Crippen molar-refractivity contribution in [2.24, 2.45) is 16.6 Å². The predicted molar refractivity (Wildman–Crippen MR) is 99.0 cm³/mol. The summed E-state index contributed by atoms with van der Waals surface area (Å²) in [5.74, 6) is 0.520. The average molecular weight is 300 g/mol. The molecule has 0 radical (unpaired) electrons. The van der Waals surface area contributed by atoms with Crippen molar-refractivity contribution in [3.05, 3.63) is 42.0 Å². The third kappa shape index (κ3) is 7.56. The van der Waals surface area contributed by atoms with Gasteiger partial charge in [-0.15, -0.1) is 0 Å². The van der Waals surface area contributed by atoms with Crippen molar-refractivity contribution in [1.82, 2.24) is 0 Å². The molecule has 0 spiro atoms. The van der Waals surface area contributed by atoms with Crippen LogP contribution in [0.3, 0.4) is 0 Å². The normalized spacial score (nSPS) is 12.7. The second kappa shape index (κ2) is 11.2. The molecular weight excluding hydrogens is 268 g/mol. The van der Waals surface area contributed by atoms with Crippen LogP contribution in [-0.2, 0) is 6.54 Å². The van der Waals surface area contributed by atoms with Crippen LogP contribution in [0.1, 0.15) is 69.9 Å². The standard InChI is InChI=1S/C20H32N2/c1-4-5-6-7-8-9-10-17(2)16-22-18(3)20-13-11-19(15-21)12-14-20/h11-14,16-17H,3-10,15,21H2,1-2H3. The average Bonchev–Trinajstić information content (AvgIpc) is 2.56. The van der Waals surface area contributed by atoms with Gasteiger partial charge in [-0.25, -0.2) is 0 Å². The predicted octanol–water partition coefficient (Wildman–Crippen LogP) is 5.57. The van der Waals surface area contributed by atoms with Gasteiger partial charge in [0, 0.05) is 12.8 Å². The zero-order valence-corrected chi connectivity index (χ0v) is 14.4. The minimum atomic E-state index is 0.520. The van der Waals surface area contributed by atoms with E-state index in [9.17, 15) is 0 Å². The summed E-state index contributed by atoms with van der Waals surface area (Å²) in [6.07, 6.45) is 11.4. The summed E-state index contributed by atoms with van der Waals surface area (Å²) in [7, 11) is 0. The van der Waals surface area contributed by atoms with Gasteiger partial charge in [0.2, 0.25) is 0 Å². The Hall–Kier alpha value is -1.41. The summed E-state index contributed by atoms with van der Waals surface area (Å²) < 4.78 is 0. The Morgan fingerprint density at radius 3 is 2.41 bits per heavy atom. The number of aliphatic imine (C=N–C) groups is 1. The van der Waals surface area contributed by atoms with Crippen LogP contribution in [0.25, 0.3) is 5.70 Å². The van der Waals surface area contributed by atoms with Crippen molar-refractivity contribution >= 4 is 11.9 Å². The first-order chi connectivity index (χ1) is 10.7. The first kappa shape index (κ1) is 18.6. The molecule has 0 bridgehead atoms. The number of hydrogen-bond donors (Lipinski definition) is 1. The van der Waals surface area contributed by atoms with E-state index in [-0.39, 0.29) is 0 Å². The van der Waals surface area contributed by atoms with E-state index >= 15 is 0 Å². The van der Waals surface area contributed by atoms with Crippen LogP contribution in [0, 0.1) is 5.92 Å². The van der Waals surface area contributed by atoms with Crippen molar-refractivity contribution in [3.8, 4) is 0 Å². The second-order valence-corrected chi connectivity index (χ2v) is 6.16. The fourth-order valence-electron chi connectivity index (χ4n) is 2.45. The molecule has 2 nitrogen and oxygen atoms in total. The lowest BCUT2D eigenvalue weighted by atomic mass is 10.0. The third-order valence-electron chi connectivity index (χ3n) is 4.02. The van der Waals surface area contributed by atoms with E-state index in [1.165, 1.54) is 44.9 Å². The molecule has 1 rings (SSSR count). The van der Waals surface area contributed by atoms with Gasteiger partial charge in [-0.2, -0.15) is 0 Å². The molecular formula is C20H32N2. The summed E-state index contributed by atoms with van der Waals surface area (Å²) in [5, 5.41) is 0. The molecule has 1 atom stereocenters. The SMILES string of the molecule is C=C(N=CC(C)CCCCCCCC)c1ccc(CN)cc1. The van der Waals surface area contributed by atoms with E-state index in [4.69, 9.17) is 5.73 Å². The Kier molecular flexibility index (Phi) is 9.49. The summed E-state index contributed by atoms with van der Waals surface area (Å²) in [6.45, 7) is 9.12. The van der Waals surface area contributed by atoms with Gasteiger partial charge >= 0.3 is 0 Å². The molecule has 0 aliphatic rings. The van der Waals surface area contributed by atoms with Crippen molar-refractivity contribution in [1.29, 1.82) is 0 Å². The van der Waals surface area contributed by atoms with Crippen molar-refractivity contribution in [2.75, 3.05) is 0 Å². The number of nitrogens with two attached hydrogens (primary N) is 1. The molecule has 0 aliphatic carbocycles. The van der Waals surface area contributed by atoms with Crippen LogP contribution in [0.15, 0.2) is 35.8 Å². The van der Waals surface area contributed by atoms with Crippen LogP contribution in [0.4, 0.5) is 0 Å². The Morgan fingerprint density at radius 1 is 1.14 bits per heavy atom. The van der Waals surface area contributed by atoms with Crippen LogP contribution in [0.5, 0.6) is 0 Å². The van der Waals surface area contributed by atoms with Crippen LogP contribution in [-0.4, -0.2) is 6.21 Å². The number of nitrogens with zero attached hydrogens (tertiary/aromatic N) is 1. The van der Waals surface area contributed by atoms with Gasteiger partial charge in [0.1, 0.15) is 0 Å². The molecule has 1 unspecified atom stereocenters. The number of benzene rings is 1. The lowest BCUT2D eigenvalue weighted by Crippen LogP contribution is -1.97. The van der Waals surface area contributed by atoms with Gasteiger partial charge in [0.25, 0.3) is 0 Å². The van der Waals surface area contributed by atoms with E-state index in [0.717, 1.165) is 16.8 Å². The first-order valence-electron chi connectivity index (χ1n) is 8.69. The Morgan fingerprint density at radius 2 is 1.77 bits per heavy atom. The van der Waals surface area contributed by atoms with E-state index in [1.807, 2.05) is 30.5 Å². The van der Waals surface area contributed by atoms with Gasteiger partial charge in [0.05, 0.1) is 5.70 Å². The first-order valence-corrected chi connectivity index (χ1v) is 8.69. The maximum atomic E-state index is 5.61.